The lowest BCUT2D eigenvalue weighted by Crippen LogP contribution is -2.49. The monoisotopic (exact) mass is 535 g/mol. The molecule has 206 valence electrons. The van der Waals surface area contributed by atoms with E-state index in [1.54, 1.807) is 42.4 Å². The highest BCUT2D eigenvalue weighted by Gasteiger charge is 2.33. The van der Waals surface area contributed by atoms with E-state index >= 15 is 0 Å². The summed E-state index contributed by atoms with van der Waals surface area (Å²) in [6, 6.07) is 13.3. The van der Waals surface area contributed by atoms with Crippen molar-refractivity contribution in [2.45, 2.75) is 32.5 Å². The molecular weight excluding hydrogens is 501 g/mol. The van der Waals surface area contributed by atoms with E-state index in [2.05, 4.69) is 20.5 Å². The largest absolute Gasteiger partial charge is 0.488 e. The first-order valence-electron chi connectivity index (χ1n) is 12.9. The standard InChI is InChI=1S/C29H34FN5O4/c1-19-15-35(20(2)18-36)28(37)25-14-24(33-29(38)32-23-6-4-22(30)5-7-23)8-9-26(25)39-27(19)17-34(3)16-21-10-12-31-13-11-21/h4-14,19-20,27,36H,15-18H2,1-3H3,(H2,32,33,38)/t19-,20-,27-/m0/s1. The quantitative estimate of drug-likeness (QED) is 0.399. The third-order valence-electron chi connectivity index (χ3n) is 6.72. The van der Waals surface area contributed by atoms with Crippen LogP contribution in [0.2, 0.25) is 0 Å². The fourth-order valence-electron chi connectivity index (χ4n) is 4.52. The molecule has 0 bridgehead atoms. The summed E-state index contributed by atoms with van der Waals surface area (Å²) in [5.41, 5.74) is 2.24. The van der Waals surface area contributed by atoms with Crippen LogP contribution in [0.5, 0.6) is 5.75 Å². The minimum Gasteiger partial charge on any atom is -0.488 e. The van der Waals surface area contributed by atoms with Gasteiger partial charge < -0.3 is 25.4 Å². The molecule has 4 rings (SSSR count). The van der Waals surface area contributed by atoms with E-state index in [-0.39, 0.29) is 24.5 Å². The molecule has 0 fully saturated rings. The van der Waals surface area contributed by atoms with Crippen LogP contribution < -0.4 is 15.4 Å². The molecule has 2 heterocycles. The average molecular weight is 536 g/mol. The zero-order chi connectivity index (χ0) is 27.9. The van der Waals surface area contributed by atoms with E-state index in [9.17, 15) is 19.1 Å². The van der Waals surface area contributed by atoms with Crippen molar-refractivity contribution in [1.29, 1.82) is 0 Å². The molecule has 3 N–H and O–H groups in total. The third kappa shape index (κ3) is 7.30. The zero-order valence-corrected chi connectivity index (χ0v) is 22.3. The third-order valence-corrected chi connectivity index (χ3v) is 6.72. The van der Waals surface area contributed by atoms with Gasteiger partial charge >= 0.3 is 6.03 Å². The maximum Gasteiger partial charge on any atom is 0.323 e. The van der Waals surface area contributed by atoms with Gasteiger partial charge in [0.1, 0.15) is 17.7 Å². The maximum atomic E-state index is 13.6. The second-order valence-corrected chi connectivity index (χ2v) is 9.97. The maximum absolute atomic E-state index is 13.6. The highest BCUT2D eigenvalue weighted by Crippen LogP contribution is 2.31. The summed E-state index contributed by atoms with van der Waals surface area (Å²) in [5, 5.41) is 15.2. The molecule has 1 aliphatic rings. The SMILES string of the molecule is C[C@H]1CN([C@@H](C)CO)C(=O)c2cc(NC(=O)Nc3ccc(F)cc3)ccc2O[C@H]1CN(C)Cc1ccncc1. The summed E-state index contributed by atoms with van der Waals surface area (Å²) in [5.74, 6) is -0.299. The van der Waals surface area contributed by atoms with E-state index in [0.717, 1.165) is 5.56 Å². The van der Waals surface area contributed by atoms with E-state index < -0.39 is 17.9 Å². The second-order valence-electron chi connectivity index (χ2n) is 9.97. The molecule has 3 aromatic rings. The summed E-state index contributed by atoms with van der Waals surface area (Å²) in [7, 11) is 2.02. The highest BCUT2D eigenvalue weighted by atomic mass is 19.1. The van der Waals surface area contributed by atoms with Gasteiger partial charge in [-0.15, -0.1) is 0 Å². The number of benzene rings is 2. The van der Waals surface area contributed by atoms with Crippen LogP contribution >= 0.6 is 0 Å². The minimum atomic E-state index is -0.536. The number of carbonyl (C=O) groups excluding carboxylic acids is 2. The number of aliphatic hydroxyl groups excluding tert-OH is 1. The van der Waals surface area contributed by atoms with Crippen molar-refractivity contribution >= 4 is 23.3 Å². The van der Waals surface area contributed by atoms with Crippen LogP contribution in [0.3, 0.4) is 0 Å². The lowest BCUT2D eigenvalue weighted by Gasteiger charge is -2.38. The van der Waals surface area contributed by atoms with Gasteiger partial charge in [0, 0.05) is 49.3 Å². The Morgan fingerprint density at radius 1 is 1.15 bits per heavy atom. The lowest BCUT2D eigenvalue weighted by atomic mass is 9.99. The molecule has 39 heavy (non-hydrogen) atoms. The van der Waals surface area contributed by atoms with Crippen LogP contribution in [-0.4, -0.2) is 70.7 Å². The van der Waals surface area contributed by atoms with Gasteiger partial charge in [-0.25, -0.2) is 9.18 Å². The number of amides is 3. The van der Waals surface area contributed by atoms with Gasteiger partial charge in [0.2, 0.25) is 0 Å². The van der Waals surface area contributed by atoms with Gasteiger partial charge in [-0.1, -0.05) is 6.92 Å². The summed E-state index contributed by atoms with van der Waals surface area (Å²) in [6.07, 6.45) is 3.29. The molecule has 10 heteroatoms. The number of nitrogens with one attached hydrogen (secondary N) is 2. The number of ether oxygens (including phenoxy) is 1. The molecule has 0 radical (unpaired) electrons. The van der Waals surface area contributed by atoms with Crippen LogP contribution in [0.15, 0.2) is 67.0 Å². The first-order chi connectivity index (χ1) is 18.7. The van der Waals surface area contributed by atoms with E-state index in [0.29, 0.717) is 42.3 Å². The Balaban J connectivity index is 1.55. The number of hydrogen-bond donors (Lipinski definition) is 3. The number of hydrogen-bond acceptors (Lipinski definition) is 6. The van der Waals surface area contributed by atoms with Crippen LogP contribution in [-0.2, 0) is 6.54 Å². The smallest absolute Gasteiger partial charge is 0.323 e. The number of rotatable bonds is 8. The van der Waals surface area contributed by atoms with Crippen LogP contribution in [0.25, 0.3) is 0 Å². The van der Waals surface area contributed by atoms with Crippen molar-refractivity contribution < 1.29 is 23.8 Å². The summed E-state index contributed by atoms with van der Waals surface area (Å²) < 4.78 is 19.6. The Kier molecular flexibility index (Phi) is 9.11. The number of likely N-dealkylation sites (N-methyl/N-ethyl adjacent to an activating group) is 1. The minimum absolute atomic E-state index is 0.0183. The Morgan fingerprint density at radius 2 is 1.82 bits per heavy atom. The van der Waals surface area contributed by atoms with Crippen LogP contribution in [0.4, 0.5) is 20.6 Å². The number of urea groups is 1. The number of pyridine rings is 1. The van der Waals surface area contributed by atoms with Gasteiger partial charge in [-0.2, -0.15) is 0 Å². The topological polar surface area (TPSA) is 107 Å². The molecule has 0 saturated heterocycles. The van der Waals surface area contributed by atoms with Crippen molar-refractivity contribution in [3.05, 3.63) is 83.9 Å². The molecule has 9 nitrogen and oxygen atoms in total. The Morgan fingerprint density at radius 3 is 2.51 bits per heavy atom. The fraction of sp³-hybridized carbons (Fsp3) is 0.345. The summed E-state index contributed by atoms with van der Waals surface area (Å²) in [6.45, 7) is 5.38. The zero-order valence-electron chi connectivity index (χ0n) is 22.3. The predicted octanol–water partition coefficient (Wildman–Crippen LogP) is 4.22. The molecule has 3 amide bonds. The van der Waals surface area contributed by atoms with Crippen molar-refractivity contribution in [2.75, 3.05) is 37.4 Å². The Labute approximate surface area is 227 Å². The second kappa shape index (κ2) is 12.7. The first-order valence-corrected chi connectivity index (χ1v) is 12.9. The fourth-order valence-corrected chi connectivity index (χ4v) is 4.52. The molecule has 0 spiro atoms. The molecule has 1 aliphatic heterocycles. The molecule has 0 unspecified atom stereocenters. The van der Waals surface area contributed by atoms with Gasteiger partial charge in [0.15, 0.2) is 0 Å². The van der Waals surface area contributed by atoms with Gasteiger partial charge in [0.25, 0.3) is 5.91 Å². The Hall–Kier alpha value is -4.02. The molecule has 2 aromatic carbocycles. The predicted molar refractivity (Wildman–Crippen MR) is 147 cm³/mol. The van der Waals surface area contributed by atoms with Crippen LogP contribution in [0.1, 0.15) is 29.8 Å². The molecule has 1 aromatic heterocycles. The van der Waals surface area contributed by atoms with Crippen molar-refractivity contribution in [3.8, 4) is 5.75 Å². The number of fused-ring (bicyclic) bond motifs is 1. The molecule has 0 saturated carbocycles. The summed E-state index contributed by atoms with van der Waals surface area (Å²) in [4.78, 5) is 34.1. The normalized spacial score (nSPS) is 18.0. The highest BCUT2D eigenvalue weighted by molar-refractivity contribution is 6.02. The number of nitrogens with zero attached hydrogens (tertiary/aromatic N) is 3. The van der Waals surface area contributed by atoms with Crippen molar-refractivity contribution in [3.63, 3.8) is 0 Å². The Bertz CT molecular complexity index is 1270. The van der Waals surface area contributed by atoms with Crippen molar-refractivity contribution in [2.24, 2.45) is 5.92 Å². The molecule has 0 aliphatic carbocycles. The molecule has 3 atom stereocenters. The number of carbonyl (C=O) groups is 2. The van der Waals surface area contributed by atoms with E-state index in [4.69, 9.17) is 4.74 Å². The average Bonchev–Trinajstić information content (AvgIpc) is 2.92. The van der Waals surface area contributed by atoms with Gasteiger partial charge in [-0.3, -0.25) is 14.7 Å². The van der Waals surface area contributed by atoms with Crippen molar-refractivity contribution in [1.82, 2.24) is 14.8 Å². The number of anilines is 2. The van der Waals surface area contributed by atoms with Crippen LogP contribution in [0, 0.1) is 11.7 Å². The molecular formula is C29H34FN5O4. The lowest BCUT2D eigenvalue weighted by molar-refractivity contribution is 0.0341. The van der Waals surface area contributed by atoms with Gasteiger partial charge in [-0.05, 0) is 74.1 Å². The van der Waals surface area contributed by atoms with Gasteiger partial charge in [0.05, 0.1) is 18.2 Å². The van der Waals surface area contributed by atoms with E-state index in [1.807, 2.05) is 26.1 Å². The number of aromatic nitrogens is 1. The van der Waals surface area contributed by atoms with E-state index in [1.165, 1.54) is 24.3 Å². The number of aliphatic hydroxyl groups is 1. The number of halogens is 1. The summed E-state index contributed by atoms with van der Waals surface area (Å²) >= 11 is 0. The first kappa shape index (κ1) is 28.0.